The Hall–Kier alpha value is -1.44. The molecule has 0 amide bonds. The van der Waals surface area contributed by atoms with Crippen LogP contribution < -0.4 is 11.4 Å². The molecular weight excluding hydrogens is 214 g/mol. The van der Waals surface area contributed by atoms with Crippen LogP contribution in [0.5, 0.6) is 0 Å². The predicted molar refractivity (Wildman–Crippen MR) is 54.5 cm³/mol. The van der Waals surface area contributed by atoms with Crippen molar-refractivity contribution in [1.29, 1.82) is 2.86 Å². The van der Waals surface area contributed by atoms with Gasteiger partial charge in [-0.3, -0.25) is 4.57 Å². The van der Waals surface area contributed by atoms with Gasteiger partial charge in [-0.25, -0.2) is 4.79 Å². The largest absolute Gasteiger partial charge is 0.394 e. The Morgan fingerprint density at radius 2 is 3.06 bits per heavy atom. The van der Waals surface area contributed by atoms with Crippen molar-refractivity contribution in [3.8, 4) is 0 Å². The molecule has 2 rings (SSSR count). The molecule has 3 atom stereocenters. The normalized spacial score (nSPS) is 58.6. The van der Waals surface area contributed by atoms with Crippen molar-refractivity contribution >= 4 is 5.82 Å². The molecule has 0 unspecified atom stereocenters. The zero-order valence-corrected chi connectivity index (χ0v) is 7.47. The molecule has 1 aromatic heterocycles. The molecule has 0 bridgehead atoms. The average molecular weight is 240 g/mol. The first-order valence-electron chi connectivity index (χ1n) is 10.1. The second-order valence-electron chi connectivity index (χ2n) is 2.58. The first-order chi connectivity index (χ1) is 13.0. The number of anilines is 1. The van der Waals surface area contributed by atoms with Gasteiger partial charge in [0.2, 0.25) is 2.86 Å². The summed E-state index contributed by atoms with van der Waals surface area (Å²) < 4.78 is 103. The lowest BCUT2D eigenvalue weighted by Crippen LogP contribution is -2.27. The van der Waals surface area contributed by atoms with Crippen molar-refractivity contribution in [3.63, 3.8) is 0 Å². The highest BCUT2D eigenvalue weighted by molar-refractivity contribution is 5.23. The van der Waals surface area contributed by atoms with Crippen LogP contribution in [-0.2, 0) is 4.74 Å². The lowest BCUT2D eigenvalue weighted by atomic mass is 10.2. The molecule has 7 nitrogen and oxygen atoms in total. The molecule has 0 saturated carbocycles. The van der Waals surface area contributed by atoms with Crippen LogP contribution in [0.15, 0.2) is 17.0 Å². The lowest BCUT2D eigenvalue weighted by Gasteiger charge is -2.13. The van der Waals surface area contributed by atoms with Crippen LogP contribution >= 0.6 is 0 Å². The van der Waals surface area contributed by atoms with Crippen LogP contribution in [0.3, 0.4) is 0 Å². The second kappa shape index (κ2) is 4.20. The van der Waals surface area contributed by atoms with Gasteiger partial charge >= 0.3 is 5.69 Å². The van der Waals surface area contributed by atoms with E-state index in [1.54, 1.807) is 0 Å². The molecule has 1 saturated heterocycles. The number of aromatic nitrogens is 2. The Morgan fingerprint density at radius 1 is 2.12 bits per heavy atom. The highest BCUT2D eigenvalue weighted by atomic mass is 16.5. The van der Waals surface area contributed by atoms with Gasteiger partial charge in [-0.15, -0.1) is 0 Å². The van der Waals surface area contributed by atoms with Crippen molar-refractivity contribution in [2.45, 2.75) is 24.7 Å². The summed E-state index contributed by atoms with van der Waals surface area (Å²) in [7, 11) is 0. The third kappa shape index (κ3) is 1.92. The summed E-state index contributed by atoms with van der Waals surface area (Å²) in [6.45, 7) is -3.69. The minimum atomic E-state index is -3.77. The summed E-state index contributed by atoms with van der Waals surface area (Å²) in [5.41, 5.74) is -2.01. The van der Waals surface area contributed by atoms with Crippen molar-refractivity contribution in [2.75, 3.05) is 12.3 Å². The Labute approximate surface area is 110 Å². The third-order valence-electron chi connectivity index (χ3n) is 1.59. The average Bonchev–Trinajstić information content (AvgIpc) is 2.74. The summed E-state index contributed by atoms with van der Waals surface area (Å²) >= 11 is 0. The summed E-state index contributed by atoms with van der Waals surface area (Å²) in [6, 6.07) is -1.11. The molecule has 2 heterocycles. The summed E-state index contributed by atoms with van der Waals surface area (Å²) in [5, 5.41) is 7.57. The minimum Gasteiger partial charge on any atom is -0.394 e. The van der Waals surface area contributed by atoms with E-state index in [9.17, 15) is 4.79 Å². The lowest BCUT2D eigenvalue weighted by molar-refractivity contribution is -0.0458. The maximum absolute atomic E-state index is 12.3. The number of nitrogens with two attached hydrogens (primary N) is 1. The molecule has 1 fully saturated rings. The van der Waals surface area contributed by atoms with Gasteiger partial charge in [-0.1, -0.05) is 0 Å². The van der Waals surface area contributed by atoms with Crippen molar-refractivity contribution in [2.24, 2.45) is 0 Å². The molecule has 0 aliphatic carbocycles. The zero-order valence-electron chi connectivity index (χ0n) is 20.5. The molecule has 7 heteroatoms. The molecule has 1 aromatic rings. The van der Waals surface area contributed by atoms with Gasteiger partial charge in [0.15, 0.2) is 2.82 Å². The number of hydrogen-bond acceptors (Lipinski definition) is 6. The van der Waals surface area contributed by atoms with Crippen LogP contribution in [0, 0.1) is 0 Å². The fourth-order valence-corrected chi connectivity index (χ4v) is 0.951. The number of nitrogen functional groups attached to an aromatic ring is 1. The summed E-state index contributed by atoms with van der Waals surface area (Å²) in [4.78, 5) is 15.4. The standard InChI is InChI=1S/C9H13N3O4/c10-7-1-2-12(9(15)11-7)8-3-5(14)6(4-13)16-8/h1-2,5-6,8,13-14H,3-4H2,(H2,10,11,15)/t5-,6+,8+/m0/s1/i1D,2D,3D2,4D2,5D,6D,8D,13D,14D/hD2. The number of nitrogens with zero attached hydrogens (tertiary/aromatic N) is 2. The predicted octanol–water partition coefficient (Wildman–Crippen LogP) is -1.53. The van der Waals surface area contributed by atoms with Gasteiger partial charge in [0.25, 0.3) is 0 Å². The van der Waals surface area contributed by atoms with Crippen LogP contribution in [0.4, 0.5) is 5.82 Å². The quantitative estimate of drug-likeness (QED) is 0.575. The van der Waals surface area contributed by atoms with Gasteiger partial charge in [-0.2, -0.15) is 4.98 Å². The molecule has 0 spiro atoms. The van der Waals surface area contributed by atoms with E-state index < -0.39 is 55.0 Å². The van der Waals surface area contributed by atoms with Crippen molar-refractivity contribution in [3.05, 3.63) is 22.7 Å². The molecule has 4 N–H and O–H groups in total. The molecule has 1 aliphatic rings. The Bertz CT molecular complexity index is 882. The van der Waals surface area contributed by atoms with Gasteiger partial charge < -0.3 is 20.7 Å². The van der Waals surface area contributed by atoms with E-state index in [1.807, 2.05) is 0 Å². The van der Waals surface area contributed by atoms with Gasteiger partial charge in [0.1, 0.15) is 18.1 Å². The van der Waals surface area contributed by atoms with Crippen molar-refractivity contribution < 1.29 is 30.1 Å². The van der Waals surface area contributed by atoms with E-state index in [0.717, 1.165) is 0 Å². The van der Waals surface area contributed by atoms with Gasteiger partial charge in [-0.05, 0) is 6.04 Å². The number of ether oxygens (including phenoxy) is 1. The third-order valence-corrected chi connectivity index (χ3v) is 1.59. The Morgan fingerprint density at radius 3 is 3.81 bits per heavy atom. The van der Waals surface area contributed by atoms with E-state index in [-0.39, 0.29) is 10.3 Å². The first-order valence-corrected chi connectivity index (χ1v) is 3.86. The first kappa shape index (κ1) is 3.28. The monoisotopic (exact) mass is 240 g/mol. The number of rotatable bonds is 5. The Balaban J connectivity index is 2.91. The summed E-state index contributed by atoms with van der Waals surface area (Å²) in [5.74, 6) is -0.964. The van der Waals surface area contributed by atoms with E-state index in [0.29, 0.717) is 0 Å². The highest BCUT2D eigenvalue weighted by Gasteiger charge is 2.34. The second-order valence-corrected chi connectivity index (χ2v) is 2.58. The van der Waals surface area contributed by atoms with E-state index in [1.165, 1.54) is 0 Å². The summed E-state index contributed by atoms with van der Waals surface area (Å²) in [6.07, 6.45) is -16.3. The SMILES string of the molecule is [2H]OC([2H])([2H])[C@@]1([2H])O[C@@]([2H])(n2c([2H])c([2H])c(N([2H])[2H])nc2=O)C([2H])([2H])[C@]1([2H])O[2H]. The van der Waals surface area contributed by atoms with Crippen LogP contribution in [0.2, 0.25) is 2.82 Å². The molecule has 1 aliphatic heterocycles. The molecule has 0 aromatic carbocycles. The maximum atomic E-state index is 12.3. The zero-order chi connectivity index (χ0) is 22.8. The topological polar surface area (TPSA) is 111 Å². The molecular formula is C9H13N3O4. The minimum absolute atomic E-state index is 0.263. The van der Waals surface area contributed by atoms with Crippen LogP contribution in [0.1, 0.15) is 24.9 Å². The van der Waals surface area contributed by atoms with Crippen LogP contribution in [-0.4, -0.2) is 41.4 Å². The van der Waals surface area contributed by atoms with E-state index in [4.69, 9.17) is 22.8 Å². The van der Waals surface area contributed by atoms with Gasteiger partial charge in [0, 0.05) is 15.3 Å². The molecule has 88 valence electrons. The fraction of sp³-hybridized carbons (Fsp3) is 0.556. The number of hydrogen-bond donors (Lipinski definition) is 3. The van der Waals surface area contributed by atoms with E-state index in [2.05, 4.69) is 15.2 Å². The maximum Gasteiger partial charge on any atom is 0.351 e. The van der Waals surface area contributed by atoms with E-state index >= 15 is 0 Å². The Kier molecular flexibility index (Phi) is 0.862. The smallest absolute Gasteiger partial charge is 0.351 e. The van der Waals surface area contributed by atoms with Crippen molar-refractivity contribution in [1.82, 2.24) is 9.55 Å². The molecule has 16 heavy (non-hydrogen) atoms. The highest BCUT2D eigenvalue weighted by Crippen LogP contribution is 2.27. The molecule has 0 radical (unpaired) electrons. The van der Waals surface area contributed by atoms with Crippen LogP contribution in [0.25, 0.3) is 0 Å². The fourth-order valence-electron chi connectivity index (χ4n) is 0.951. The van der Waals surface area contributed by atoms with Gasteiger partial charge in [0.05, 0.1) is 22.2 Å². The number of aliphatic hydroxyl groups is 2.